The average molecular weight is 509 g/mol. The number of nitrogens with zero attached hydrogens (tertiary/aromatic N) is 3. The Hall–Kier alpha value is -4.50. The maximum absolute atomic E-state index is 12.5. The van der Waals surface area contributed by atoms with E-state index in [2.05, 4.69) is 26.0 Å². The largest absolute Gasteiger partial charge is 0.497 e. The molecule has 10 heteroatoms. The van der Waals surface area contributed by atoms with Crippen LogP contribution in [0.3, 0.4) is 0 Å². The van der Waals surface area contributed by atoms with Crippen molar-refractivity contribution in [2.24, 2.45) is 0 Å². The summed E-state index contributed by atoms with van der Waals surface area (Å²) in [7, 11) is 7.69. The molecule has 3 aromatic carbocycles. The fourth-order valence-corrected chi connectivity index (χ4v) is 4.09. The van der Waals surface area contributed by atoms with Crippen LogP contribution in [-0.4, -0.2) is 35.6 Å². The van der Waals surface area contributed by atoms with Crippen LogP contribution in [-0.2, 0) is 6.54 Å². The lowest BCUT2D eigenvalue weighted by molar-refractivity contribution is 0.262. The van der Waals surface area contributed by atoms with Gasteiger partial charge in [0, 0.05) is 46.8 Å². The third-order valence-corrected chi connectivity index (χ3v) is 5.96. The number of fused-ring (bicyclic) bond motifs is 1. The van der Waals surface area contributed by atoms with E-state index in [4.69, 9.17) is 24.2 Å². The minimum absolute atomic E-state index is 0.356. The van der Waals surface area contributed by atoms with Crippen molar-refractivity contribution >= 4 is 53.8 Å². The average Bonchev–Trinajstić information content (AvgIpc) is 3.28. The van der Waals surface area contributed by atoms with Crippen LogP contribution in [0, 0.1) is 0 Å². The molecule has 0 spiro atoms. The van der Waals surface area contributed by atoms with Gasteiger partial charge in [0.25, 0.3) is 0 Å². The van der Waals surface area contributed by atoms with Gasteiger partial charge in [0.1, 0.15) is 19.4 Å². The predicted octanol–water partition coefficient (Wildman–Crippen LogP) is 5.11. The highest BCUT2D eigenvalue weighted by atomic mass is 35.5. The molecule has 2 aromatic heterocycles. The monoisotopic (exact) mass is 508 g/mol. The molecule has 2 amide bonds. The number of hydrogen-bond donors (Lipinski definition) is 3. The van der Waals surface area contributed by atoms with Crippen molar-refractivity contribution < 1.29 is 9.53 Å². The summed E-state index contributed by atoms with van der Waals surface area (Å²) in [4.78, 5) is 17.2. The summed E-state index contributed by atoms with van der Waals surface area (Å²) in [6.07, 6.45) is 1.56. The Morgan fingerprint density at radius 3 is 2.54 bits per heavy atom. The molecule has 0 aliphatic carbocycles. The van der Waals surface area contributed by atoms with E-state index in [1.54, 1.807) is 36.0 Å². The van der Waals surface area contributed by atoms with E-state index in [0.29, 0.717) is 51.3 Å². The number of aromatic nitrogens is 3. The Morgan fingerprint density at radius 1 is 1.00 bits per heavy atom. The number of benzene rings is 3. The van der Waals surface area contributed by atoms with Crippen LogP contribution in [0.25, 0.3) is 16.9 Å². The molecule has 0 aliphatic heterocycles. The van der Waals surface area contributed by atoms with Crippen molar-refractivity contribution in [2.75, 3.05) is 23.1 Å². The number of ether oxygens (including phenoxy) is 1. The van der Waals surface area contributed by atoms with E-state index in [0.717, 1.165) is 11.1 Å². The maximum atomic E-state index is 12.5. The lowest BCUT2D eigenvalue weighted by atomic mass is 10.0. The first-order valence-corrected chi connectivity index (χ1v) is 11.8. The number of halogens is 1. The van der Waals surface area contributed by atoms with E-state index in [-0.39, 0.29) is 6.03 Å². The van der Waals surface area contributed by atoms with Crippen LogP contribution >= 0.6 is 11.6 Å². The van der Waals surface area contributed by atoms with E-state index in [1.165, 1.54) is 0 Å². The maximum Gasteiger partial charge on any atom is 0.323 e. The topological polar surface area (TPSA) is 92.6 Å². The smallest absolute Gasteiger partial charge is 0.323 e. The summed E-state index contributed by atoms with van der Waals surface area (Å²) in [5.41, 5.74) is 4.70. The summed E-state index contributed by atoms with van der Waals surface area (Å²) < 4.78 is 6.85. The van der Waals surface area contributed by atoms with Gasteiger partial charge in [-0.3, -0.25) is 0 Å². The quantitative estimate of drug-likeness (QED) is 0.266. The molecule has 0 atom stereocenters. The molecule has 0 fully saturated rings. The molecule has 182 valence electrons. The second-order valence-corrected chi connectivity index (χ2v) is 8.61. The zero-order chi connectivity index (χ0) is 25.8. The van der Waals surface area contributed by atoms with Crippen LogP contribution in [0.1, 0.15) is 5.56 Å². The third-order valence-electron chi connectivity index (χ3n) is 5.63. The number of carbonyl (C=O) groups is 1. The molecule has 2 heterocycles. The fraction of sp³-hybridized carbons (Fsp3) is 0.0741. The highest BCUT2D eigenvalue weighted by Crippen LogP contribution is 2.28. The zero-order valence-corrected chi connectivity index (χ0v) is 20.7. The van der Waals surface area contributed by atoms with E-state index in [1.807, 2.05) is 60.7 Å². The van der Waals surface area contributed by atoms with Gasteiger partial charge < -0.3 is 20.7 Å². The van der Waals surface area contributed by atoms with Crippen molar-refractivity contribution in [2.45, 2.75) is 6.54 Å². The van der Waals surface area contributed by atoms with Gasteiger partial charge in [0.05, 0.1) is 12.8 Å². The molecule has 0 aliphatic rings. The van der Waals surface area contributed by atoms with Crippen LogP contribution < -0.4 is 26.2 Å². The van der Waals surface area contributed by atoms with E-state index in [9.17, 15) is 4.79 Å². The lowest BCUT2D eigenvalue weighted by Gasteiger charge is -2.13. The summed E-state index contributed by atoms with van der Waals surface area (Å²) >= 11 is 6.41. The second-order valence-electron chi connectivity index (χ2n) is 8.21. The number of nitrogens with one attached hydrogen (secondary N) is 3. The highest BCUT2D eigenvalue weighted by Gasteiger charge is 2.13. The van der Waals surface area contributed by atoms with Gasteiger partial charge in [0.15, 0.2) is 5.65 Å². The van der Waals surface area contributed by atoms with Gasteiger partial charge >= 0.3 is 6.03 Å². The van der Waals surface area contributed by atoms with Gasteiger partial charge in [-0.2, -0.15) is 9.61 Å². The van der Waals surface area contributed by atoms with Gasteiger partial charge in [-0.05, 0) is 41.4 Å². The normalized spacial score (nSPS) is 10.8. The molecule has 5 rings (SSSR count). The van der Waals surface area contributed by atoms with Gasteiger partial charge in [-0.1, -0.05) is 48.0 Å². The van der Waals surface area contributed by atoms with Crippen LogP contribution in [0.5, 0.6) is 5.75 Å². The molecular weight excluding hydrogens is 487 g/mol. The molecule has 0 bridgehead atoms. The molecule has 0 saturated heterocycles. The van der Waals surface area contributed by atoms with Gasteiger partial charge in [-0.25, -0.2) is 9.78 Å². The predicted molar refractivity (Wildman–Crippen MR) is 148 cm³/mol. The molecule has 8 nitrogen and oxygen atoms in total. The first-order valence-electron chi connectivity index (χ1n) is 11.4. The van der Waals surface area contributed by atoms with Crippen LogP contribution in [0.4, 0.5) is 22.0 Å². The minimum atomic E-state index is -0.356. The Labute approximate surface area is 220 Å². The number of hydrogen-bond acceptors (Lipinski definition) is 5. The van der Waals surface area contributed by atoms with Crippen LogP contribution in [0.15, 0.2) is 85.1 Å². The summed E-state index contributed by atoms with van der Waals surface area (Å²) in [5.74, 6) is 1.36. The van der Waals surface area contributed by atoms with Crippen LogP contribution in [0.2, 0.25) is 5.02 Å². The first-order chi connectivity index (χ1) is 18.0. The SMILES string of the molecule is [B]c1cnn2c(NCc3cccc(NC(=O)Nc4cccc(OC)c4)c3)cc(-c3ccccc3Cl)nc12. The molecule has 0 saturated carbocycles. The number of carbonyl (C=O) groups excluding carboxylic acids is 1. The number of rotatable bonds is 7. The van der Waals surface area contributed by atoms with Crippen molar-refractivity contribution in [3.05, 3.63) is 95.6 Å². The molecule has 37 heavy (non-hydrogen) atoms. The summed E-state index contributed by atoms with van der Waals surface area (Å²) in [6, 6.07) is 23.7. The number of anilines is 3. The minimum Gasteiger partial charge on any atom is -0.497 e. The Balaban J connectivity index is 1.32. The lowest BCUT2D eigenvalue weighted by Crippen LogP contribution is -2.19. The Morgan fingerprint density at radius 2 is 1.76 bits per heavy atom. The van der Waals surface area contributed by atoms with Crippen molar-refractivity contribution in [1.82, 2.24) is 14.6 Å². The molecule has 0 unspecified atom stereocenters. The molecule has 2 radical (unpaired) electrons. The van der Waals surface area contributed by atoms with Gasteiger partial charge in [-0.15, -0.1) is 0 Å². The van der Waals surface area contributed by atoms with Gasteiger partial charge in [0.2, 0.25) is 0 Å². The fourth-order valence-electron chi connectivity index (χ4n) is 3.86. The Bertz CT molecular complexity index is 1590. The van der Waals surface area contributed by atoms with Crippen molar-refractivity contribution in [1.29, 1.82) is 0 Å². The van der Waals surface area contributed by atoms with Crippen molar-refractivity contribution in [3.8, 4) is 17.0 Å². The van der Waals surface area contributed by atoms with Crippen molar-refractivity contribution in [3.63, 3.8) is 0 Å². The third kappa shape index (κ3) is 5.52. The molecule has 3 N–H and O–H groups in total. The summed E-state index contributed by atoms with van der Waals surface area (Å²) in [6.45, 7) is 0.466. The molecular formula is C27H22BClN6O2. The molecule has 5 aromatic rings. The highest BCUT2D eigenvalue weighted by molar-refractivity contribution is 6.36. The standard InChI is InChI=1S/C27H22BClN6O2/c1-37-20-9-5-8-19(13-20)33-27(36)32-18-7-4-6-17(12-18)15-30-25-14-24(21-10-2-3-11-23(21)29)34-26-22(28)16-31-35(25)26/h2-14,16,30H,15H2,1H3,(H2,32,33,36). The summed E-state index contributed by atoms with van der Waals surface area (Å²) in [5, 5.41) is 14.0. The number of urea groups is 1. The number of methoxy groups -OCH3 is 1. The first kappa shape index (κ1) is 24.2. The Kier molecular flexibility index (Phi) is 6.96. The number of amides is 2. The second kappa shape index (κ2) is 10.6. The van der Waals surface area contributed by atoms with E-state index >= 15 is 0 Å². The van der Waals surface area contributed by atoms with E-state index < -0.39 is 0 Å². The zero-order valence-electron chi connectivity index (χ0n) is 19.9.